The highest BCUT2D eigenvalue weighted by Gasteiger charge is 2.05. The van der Waals surface area contributed by atoms with E-state index in [9.17, 15) is 4.79 Å². The van der Waals surface area contributed by atoms with E-state index in [-0.39, 0.29) is 0 Å². The molecule has 0 amide bonds. The Kier molecular flexibility index (Phi) is 3.22. The number of carbonyl (C=O) groups excluding carboxylic acids is 1. The van der Waals surface area contributed by atoms with Crippen LogP contribution in [0.25, 0.3) is 0 Å². The summed E-state index contributed by atoms with van der Waals surface area (Å²) in [5.41, 5.74) is 0.530. The van der Waals surface area contributed by atoms with Crippen molar-refractivity contribution in [3.8, 4) is 0 Å². The van der Waals surface area contributed by atoms with Crippen molar-refractivity contribution < 1.29 is 4.79 Å². The molecular weight excluding hydrogens is 172 g/mol. The molecule has 0 aliphatic heterocycles. The largest absolute Gasteiger partial charge is 0.349 e. The van der Waals surface area contributed by atoms with Crippen LogP contribution in [0.3, 0.4) is 0 Å². The molecule has 0 saturated heterocycles. The van der Waals surface area contributed by atoms with Crippen molar-refractivity contribution in [2.24, 2.45) is 0 Å². The molecule has 1 aromatic heterocycles. The third-order valence-corrected chi connectivity index (χ3v) is 2.58. The molecule has 0 aliphatic carbocycles. The van der Waals surface area contributed by atoms with Gasteiger partial charge in [-0.1, -0.05) is 0 Å². The first kappa shape index (κ1) is 9.19. The minimum absolute atomic E-state index is 0.530. The van der Waals surface area contributed by atoms with E-state index in [2.05, 4.69) is 23.7 Å². The van der Waals surface area contributed by atoms with E-state index in [0.717, 1.165) is 24.5 Å². The van der Waals surface area contributed by atoms with Gasteiger partial charge in [0.05, 0.1) is 0 Å². The second-order valence-electron chi connectivity index (χ2n) is 2.35. The summed E-state index contributed by atoms with van der Waals surface area (Å²) in [4.78, 5) is 16.6. The second-order valence-corrected chi connectivity index (χ2v) is 3.18. The number of hydrogen-bond donors (Lipinski definition) is 0. The van der Waals surface area contributed by atoms with Gasteiger partial charge in [-0.05, 0) is 13.8 Å². The van der Waals surface area contributed by atoms with Crippen molar-refractivity contribution in [1.82, 2.24) is 4.98 Å². The Balaban J connectivity index is 2.79. The standard InChI is InChI=1S/C8H12N2OS/c1-3-10(4-2)8-9-7(5-11)6-12-8/h5-6H,3-4H2,1-2H3. The zero-order chi connectivity index (χ0) is 8.97. The number of aromatic nitrogens is 1. The maximum atomic E-state index is 10.3. The van der Waals surface area contributed by atoms with Crippen molar-refractivity contribution in [1.29, 1.82) is 0 Å². The Bertz CT molecular complexity index is 255. The molecule has 12 heavy (non-hydrogen) atoms. The summed E-state index contributed by atoms with van der Waals surface area (Å²) in [6.45, 7) is 6.02. The summed E-state index contributed by atoms with van der Waals surface area (Å²) in [5, 5.41) is 2.71. The van der Waals surface area contributed by atoms with Crippen LogP contribution < -0.4 is 4.90 Å². The highest BCUT2D eigenvalue weighted by Crippen LogP contribution is 2.18. The quantitative estimate of drug-likeness (QED) is 0.669. The summed E-state index contributed by atoms with van der Waals surface area (Å²) in [5.74, 6) is 0. The first-order valence-corrected chi connectivity index (χ1v) is 4.85. The summed E-state index contributed by atoms with van der Waals surface area (Å²) in [6.07, 6.45) is 0.781. The minimum atomic E-state index is 0.530. The van der Waals surface area contributed by atoms with Crippen molar-refractivity contribution >= 4 is 22.8 Å². The molecule has 0 aromatic carbocycles. The number of rotatable bonds is 4. The van der Waals surface area contributed by atoms with E-state index in [0.29, 0.717) is 5.69 Å². The lowest BCUT2D eigenvalue weighted by atomic mass is 10.5. The maximum absolute atomic E-state index is 10.3. The van der Waals surface area contributed by atoms with Crippen LogP contribution in [0.2, 0.25) is 0 Å². The van der Waals surface area contributed by atoms with Gasteiger partial charge in [-0.25, -0.2) is 4.98 Å². The highest BCUT2D eigenvalue weighted by molar-refractivity contribution is 7.13. The predicted octanol–water partition coefficient (Wildman–Crippen LogP) is 1.80. The molecule has 4 heteroatoms. The van der Waals surface area contributed by atoms with Gasteiger partial charge in [0.1, 0.15) is 5.69 Å². The number of carbonyl (C=O) groups is 1. The average molecular weight is 184 g/mol. The zero-order valence-corrected chi connectivity index (χ0v) is 8.10. The first-order valence-electron chi connectivity index (χ1n) is 3.97. The van der Waals surface area contributed by atoms with Crippen molar-refractivity contribution in [3.63, 3.8) is 0 Å². The number of thiazole rings is 1. The fraction of sp³-hybridized carbons (Fsp3) is 0.500. The van der Waals surface area contributed by atoms with Crippen LogP contribution in [0.5, 0.6) is 0 Å². The fourth-order valence-corrected chi connectivity index (χ4v) is 1.87. The molecule has 0 fully saturated rings. The third-order valence-electron chi connectivity index (χ3n) is 1.66. The van der Waals surface area contributed by atoms with Gasteiger partial charge in [0.15, 0.2) is 11.4 Å². The lowest BCUT2D eigenvalue weighted by Crippen LogP contribution is -2.21. The van der Waals surface area contributed by atoms with Crippen LogP contribution in [0.4, 0.5) is 5.13 Å². The summed E-state index contributed by atoms with van der Waals surface area (Å²) in [6, 6.07) is 0. The minimum Gasteiger partial charge on any atom is -0.349 e. The Hall–Kier alpha value is -0.900. The summed E-state index contributed by atoms with van der Waals surface area (Å²) in [7, 11) is 0. The van der Waals surface area contributed by atoms with Crippen LogP contribution in [-0.4, -0.2) is 24.4 Å². The van der Waals surface area contributed by atoms with Crippen molar-refractivity contribution in [2.75, 3.05) is 18.0 Å². The molecule has 0 aliphatic rings. The van der Waals surface area contributed by atoms with Gasteiger partial charge in [-0.2, -0.15) is 0 Å². The molecule has 1 heterocycles. The normalized spacial score (nSPS) is 9.83. The molecule has 1 aromatic rings. The van der Waals surface area contributed by atoms with Gasteiger partial charge in [0.25, 0.3) is 0 Å². The molecule has 0 unspecified atom stereocenters. The van der Waals surface area contributed by atoms with E-state index in [1.807, 2.05) is 0 Å². The van der Waals surface area contributed by atoms with Crippen LogP contribution >= 0.6 is 11.3 Å². The van der Waals surface area contributed by atoms with E-state index in [1.54, 1.807) is 5.38 Å². The summed E-state index contributed by atoms with van der Waals surface area (Å²) < 4.78 is 0. The maximum Gasteiger partial charge on any atom is 0.185 e. The SMILES string of the molecule is CCN(CC)c1nc(C=O)cs1. The van der Waals surface area contributed by atoms with Crippen LogP contribution in [0, 0.1) is 0 Å². The average Bonchev–Trinajstić information content (AvgIpc) is 2.55. The first-order chi connectivity index (χ1) is 5.81. The van der Waals surface area contributed by atoms with E-state index in [4.69, 9.17) is 0 Å². The van der Waals surface area contributed by atoms with Gasteiger partial charge in [-0.15, -0.1) is 11.3 Å². The molecule has 0 atom stereocenters. The second kappa shape index (κ2) is 4.21. The van der Waals surface area contributed by atoms with E-state index >= 15 is 0 Å². The van der Waals surface area contributed by atoms with Gasteiger partial charge in [0.2, 0.25) is 0 Å². The van der Waals surface area contributed by atoms with Gasteiger partial charge >= 0.3 is 0 Å². The van der Waals surface area contributed by atoms with E-state index in [1.165, 1.54) is 11.3 Å². The zero-order valence-electron chi connectivity index (χ0n) is 7.28. The molecular formula is C8H12N2OS. The Morgan fingerprint density at radius 1 is 1.58 bits per heavy atom. The number of anilines is 1. The smallest absolute Gasteiger partial charge is 0.185 e. The number of aldehydes is 1. The Morgan fingerprint density at radius 2 is 2.25 bits per heavy atom. The van der Waals surface area contributed by atoms with Crippen LogP contribution in [0.15, 0.2) is 5.38 Å². The third kappa shape index (κ3) is 1.82. The van der Waals surface area contributed by atoms with E-state index < -0.39 is 0 Å². The molecule has 1 rings (SSSR count). The number of nitrogens with zero attached hydrogens (tertiary/aromatic N) is 2. The predicted molar refractivity (Wildman–Crippen MR) is 51.1 cm³/mol. The summed E-state index contributed by atoms with van der Waals surface area (Å²) >= 11 is 1.51. The molecule has 0 bridgehead atoms. The van der Waals surface area contributed by atoms with Gasteiger partial charge < -0.3 is 4.90 Å². The van der Waals surface area contributed by atoms with Crippen LogP contribution in [0.1, 0.15) is 24.3 Å². The highest BCUT2D eigenvalue weighted by atomic mass is 32.1. The topological polar surface area (TPSA) is 33.2 Å². The van der Waals surface area contributed by atoms with Crippen LogP contribution in [-0.2, 0) is 0 Å². The molecule has 0 N–H and O–H groups in total. The molecule has 0 radical (unpaired) electrons. The van der Waals surface area contributed by atoms with Gasteiger partial charge in [-0.3, -0.25) is 4.79 Å². The molecule has 66 valence electrons. The van der Waals surface area contributed by atoms with Crippen molar-refractivity contribution in [3.05, 3.63) is 11.1 Å². The lowest BCUT2D eigenvalue weighted by Gasteiger charge is -2.16. The lowest BCUT2D eigenvalue weighted by molar-refractivity contribution is 0.111. The Labute approximate surface area is 76.0 Å². The fourth-order valence-electron chi connectivity index (χ4n) is 0.970. The molecule has 3 nitrogen and oxygen atoms in total. The molecule has 0 spiro atoms. The molecule has 0 saturated carbocycles. The Morgan fingerprint density at radius 3 is 2.67 bits per heavy atom. The van der Waals surface area contributed by atoms with Crippen molar-refractivity contribution in [2.45, 2.75) is 13.8 Å². The van der Waals surface area contributed by atoms with Gasteiger partial charge in [0, 0.05) is 18.5 Å². The number of hydrogen-bond acceptors (Lipinski definition) is 4. The monoisotopic (exact) mass is 184 g/mol.